The molecule has 0 atom stereocenters. The summed E-state index contributed by atoms with van der Waals surface area (Å²) in [4.78, 5) is 0. The Balaban J connectivity index is 2.42. The van der Waals surface area contributed by atoms with E-state index in [1.54, 1.807) is 12.1 Å². The summed E-state index contributed by atoms with van der Waals surface area (Å²) in [6.07, 6.45) is 0. The summed E-state index contributed by atoms with van der Waals surface area (Å²) in [5.74, 6) is -0.185. The first kappa shape index (κ1) is 9.71. The third-order valence-corrected chi connectivity index (χ3v) is 2.36. The van der Waals surface area contributed by atoms with Crippen molar-refractivity contribution in [3.63, 3.8) is 0 Å². The molecule has 2 rings (SSSR count). The minimum absolute atomic E-state index is 0.185. The molecule has 0 aromatic heterocycles. The van der Waals surface area contributed by atoms with Gasteiger partial charge < -0.3 is 5.32 Å². The molecule has 0 radical (unpaired) electrons. The summed E-state index contributed by atoms with van der Waals surface area (Å²) in [5.41, 5.74) is 2.56. The monoisotopic (exact) mass is 201 g/mol. The van der Waals surface area contributed by atoms with Crippen LogP contribution in [0.1, 0.15) is 0 Å². The summed E-state index contributed by atoms with van der Waals surface area (Å²) in [5, 5.41) is 3.03. The lowest BCUT2D eigenvalue weighted by Crippen LogP contribution is -1.88. The van der Waals surface area contributed by atoms with Gasteiger partial charge in [-0.1, -0.05) is 30.3 Å². The van der Waals surface area contributed by atoms with Crippen LogP contribution in [0.25, 0.3) is 11.1 Å². The molecule has 0 bridgehead atoms. The van der Waals surface area contributed by atoms with E-state index in [2.05, 4.69) is 5.32 Å². The molecule has 2 aromatic carbocycles. The van der Waals surface area contributed by atoms with Gasteiger partial charge in [-0.3, -0.25) is 0 Å². The molecule has 0 fully saturated rings. The van der Waals surface area contributed by atoms with Gasteiger partial charge >= 0.3 is 0 Å². The van der Waals surface area contributed by atoms with Crippen LogP contribution < -0.4 is 5.32 Å². The molecule has 0 unspecified atom stereocenters. The van der Waals surface area contributed by atoms with E-state index in [1.165, 1.54) is 6.07 Å². The van der Waals surface area contributed by atoms with E-state index >= 15 is 0 Å². The van der Waals surface area contributed by atoms with Crippen molar-refractivity contribution in [3.05, 3.63) is 54.3 Å². The van der Waals surface area contributed by atoms with Gasteiger partial charge in [-0.2, -0.15) is 0 Å². The molecule has 0 aliphatic carbocycles. The van der Waals surface area contributed by atoms with Gasteiger partial charge in [0.2, 0.25) is 0 Å². The highest BCUT2D eigenvalue weighted by molar-refractivity contribution is 5.66. The molecule has 76 valence electrons. The van der Waals surface area contributed by atoms with Crippen LogP contribution in [0.15, 0.2) is 48.5 Å². The van der Waals surface area contributed by atoms with Crippen molar-refractivity contribution >= 4 is 5.69 Å². The van der Waals surface area contributed by atoms with Crippen LogP contribution >= 0.6 is 0 Å². The molecule has 2 heteroatoms. The fourth-order valence-electron chi connectivity index (χ4n) is 1.51. The molecule has 0 saturated heterocycles. The Labute approximate surface area is 88.6 Å². The summed E-state index contributed by atoms with van der Waals surface area (Å²) >= 11 is 0. The molecule has 0 saturated carbocycles. The fraction of sp³-hybridized carbons (Fsp3) is 0.0769. The van der Waals surface area contributed by atoms with E-state index in [-0.39, 0.29) is 5.82 Å². The van der Waals surface area contributed by atoms with E-state index in [0.717, 1.165) is 11.3 Å². The number of hydrogen-bond acceptors (Lipinski definition) is 1. The fourth-order valence-corrected chi connectivity index (χ4v) is 1.51. The first-order valence-electron chi connectivity index (χ1n) is 4.84. The van der Waals surface area contributed by atoms with Crippen molar-refractivity contribution in [3.8, 4) is 11.1 Å². The van der Waals surface area contributed by atoms with Crippen molar-refractivity contribution < 1.29 is 4.39 Å². The lowest BCUT2D eigenvalue weighted by atomic mass is 10.1. The Morgan fingerprint density at radius 2 is 1.60 bits per heavy atom. The molecule has 2 aromatic rings. The van der Waals surface area contributed by atoms with E-state index in [1.807, 2.05) is 37.4 Å². The highest BCUT2D eigenvalue weighted by Crippen LogP contribution is 2.23. The van der Waals surface area contributed by atoms with Crippen LogP contribution in [-0.4, -0.2) is 7.05 Å². The average Bonchev–Trinajstić information content (AvgIpc) is 2.30. The summed E-state index contributed by atoms with van der Waals surface area (Å²) in [7, 11) is 1.86. The molecule has 0 heterocycles. The SMILES string of the molecule is CNc1ccc(-c2ccccc2F)cc1. The van der Waals surface area contributed by atoms with Crippen LogP contribution in [-0.2, 0) is 0 Å². The zero-order chi connectivity index (χ0) is 10.7. The molecule has 0 spiro atoms. The van der Waals surface area contributed by atoms with Crippen LogP contribution in [0, 0.1) is 5.82 Å². The van der Waals surface area contributed by atoms with E-state index < -0.39 is 0 Å². The van der Waals surface area contributed by atoms with Gasteiger partial charge in [0.25, 0.3) is 0 Å². The van der Waals surface area contributed by atoms with Gasteiger partial charge in [-0.05, 0) is 23.8 Å². The highest BCUT2D eigenvalue weighted by atomic mass is 19.1. The topological polar surface area (TPSA) is 12.0 Å². The normalized spacial score (nSPS) is 10.0. The van der Waals surface area contributed by atoms with Crippen LogP contribution in [0.2, 0.25) is 0 Å². The maximum Gasteiger partial charge on any atom is 0.131 e. The molecule has 0 amide bonds. The summed E-state index contributed by atoms with van der Waals surface area (Å²) in [6.45, 7) is 0. The van der Waals surface area contributed by atoms with Crippen molar-refractivity contribution in [1.29, 1.82) is 0 Å². The lowest BCUT2D eigenvalue weighted by molar-refractivity contribution is 0.631. The Bertz CT molecular complexity index is 448. The minimum Gasteiger partial charge on any atom is -0.388 e. The predicted octanol–water partition coefficient (Wildman–Crippen LogP) is 3.53. The number of anilines is 1. The smallest absolute Gasteiger partial charge is 0.131 e. The number of hydrogen-bond donors (Lipinski definition) is 1. The first-order valence-corrected chi connectivity index (χ1v) is 4.84. The van der Waals surface area contributed by atoms with Gasteiger partial charge in [0.15, 0.2) is 0 Å². The first-order chi connectivity index (χ1) is 7.31. The predicted molar refractivity (Wildman–Crippen MR) is 61.4 cm³/mol. The Morgan fingerprint density at radius 3 is 2.20 bits per heavy atom. The Morgan fingerprint density at radius 1 is 0.933 bits per heavy atom. The van der Waals surface area contributed by atoms with Crippen molar-refractivity contribution in [2.75, 3.05) is 12.4 Å². The zero-order valence-corrected chi connectivity index (χ0v) is 8.50. The summed E-state index contributed by atoms with van der Waals surface area (Å²) < 4.78 is 13.4. The Hall–Kier alpha value is -1.83. The quantitative estimate of drug-likeness (QED) is 0.783. The van der Waals surface area contributed by atoms with Gasteiger partial charge in [-0.15, -0.1) is 0 Å². The number of benzene rings is 2. The van der Waals surface area contributed by atoms with E-state index in [4.69, 9.17) is 0 Å². The maximum atomic E-state index is 13.4. The van der Waals surface area contributed by atoms with Crippen LogP contribution in [0.4, 0.5) is 10.1 Å². The third-order valence-electron chi connectivity index (χ3n) is 2.36. The van der Waals surface area contributed by atoms with Crippen molar-refractivity contribution in [1.82, 2.24) is 0 Å². The number of rotatable bonds is 2. The molecular formula is C13H12FN. The molecule has 0 aliphatic rings. The van der Waals surface area contributed by atoms with Crippen LogP contribution in [0.3, 0.4) is 0 Å². The maximum absolute atomic E-state index is 13.4. The average molecular weight is 201 g/mol. The zero-order valence-electron chi connectivity index (χ0n) is 8.50. The number of halogens is 1. The molecule has 0 aliphatic heterocycles. The second-order valence-electron chi connectivity index (χ2n) is 3.31. The molecular weight excluding hydrogens is 189 g/mol. The van der Waals surface area contributed by atoms with Gasteiger partial charge in [0, 0.05) is 18.3 Å². The van der Waals surface area contributed by atoms with Gasteiger partial charge in [0.05, 0.1) is 0 Å². The second-order valence-corrected chi connectivity index (χ2v) is 3.31. The third kappa shape index (κ3) is 1.99. The number of nitrogens with one attached hydrogen (secondary N) is 1. The van der Waals surface area contributed by atoms with E-state index in [9.17, 15) is 4.39 Å². The van der Waals surface area contributed by atoms with Crippen molar-refractivity contribution in [2.24, 2.45) is 0 Å². The van der Waals surface area contributed by atoms with Gasteiger partial charge in [-0.25, -0.2) is 4.39 Å². The lowest BCUT2D eigenvalue weighted by Gasteiger charge is -2.04. The van der Waals surface area contributed by atoms with E-state index in [0.29, 0.717) is 5.56 Å². The van der Waals surface area contributed by atoms with Crippen molar-refractivity contribution in [2.45, 2.75) is 0 Å². The minimum atomic E-state index is -0.185. The Kier molecular flexibility index (Phi) is 2.68. The second kappa shape index (κ2) is 4.13. The largest absolute Gasteiger partial charge is 0.388 e. The molecule has 1 nitrogen and oxygen atoms in total. The van der Waals surface area contributed by atoms with Gasteiger partial charge in [0.1, 0.15) is 5.82 Å². The molecule has 1 N–H and O–H groups in total. The molecule has 15 heavy (non-hydrogen) atoms. The van der Waals surface area contributed by atoms with Crippen LogP contribution in [0.5, 0.6) is 0 Å². The standard InChI is InChI=1S/C13H12FN/c1-15-11-8-6-10(7-9-11)12-4-2-3-5-13(12)14/h2-9,15H,1H3. The summed E-state index contributed by atoms with van der Waals surface area (Å²) in [6, 6.07) is 14.5. The highest BCUT2D eigenvalue weighted by Gasteiger charge is 2.02.